The number of halogens is 1. The van der Waals surface area contributed by atoms with Crippen molar-refractivity contribution in [2.24, 2.45) is 0 Å². The van der Waals surface area contributed by atoms with Crippen LogP contribution in [0.2, 0.25) is 5.02 Å². The molecule has 0 radical (unpaired) electrons. The van der Waals surface area contributed by atoms with E-state index in [-0.39, 0.29) is 12.0 Å². The summed E-state index contributed by atoms with van der Waals surface area (Å²) in [6.07, 6.45) is 3.75. The molecule has 2 atom stereocenters. The number of hydrogen-bond acceptors (Lipinski definition) is 4. The van der Waals surface area contributed by atoms with Crippen molar-refractivity contribution < 1.29 is 14.3 Å². The second kappa shape index (κ2) is 7.55. The van der Waals surface area contributed by atoms with Crippen molar-refractivity contribution >= 4 is 33.8 Å². The predicted octanol–water partition coefficient (Wildman–Crippen LogP) is 4.97. The van der Waals surface area contributed by atoms with Crippen LogP contribution in [0.5, 0.6) is 0 Å². The average molecular weight is 406 g/mol. The Hall–Kier alpha value is -1.40. The van der Waals surface area contributed by atoms with Gasteiger partial charge in [0.15, 0.2) is 5.79 Å². The minimum Gasteiger partial charge on any atom is -0.347 e. The van der Waals surface area contributed by atoms with Crippen LogP contribution in [0.4, 0.5) is 5.00 Å². The molecule has 144 valence electrons. The summed E-state index contributed by atoms with van der Waals surface area (Å²) < 4.78 is 12.3. The topological polar surface area (TPSA) is 38.8 Å². The van der Waals surface area contributed by atoms with Crippen LogP contribution >= 0.6 is 22.9 Å². The monoisotopic (exact) mass is 405 g/mol. The number of benzene rings is 1. The van der Waals surface area contributed by atoms with Crippen molar-refractivity contribution in [3.63, 3.8) is 0 Å². The molecule has 4 nitrogen and oxygen atoms in total. The molecular formula is C21H24ClNO3S. The number of hydrogen-bond donors (Lipinski definition) is 0. The minimum atomic E-state index is -0.465. The number of carbonyl (C=O) groups excluding carboxylic acids is 1. The molecule has 1 aliphatic carbocycles. The van der Waals surface area contributed by atoms with E-state index in [4.69, 9.17) is 21.1 Å². The zero-order valence-corrected chi connectivity index (χ0v) is 17.2. The second-order valence-electron chi connectivity index (χ2n) is 7.31. The van der Waals surface area contributed by atoms with Crippen LogP contribution in [-0.2, 0) is 33.7 Å². The van der Waals surface area contributed by atoms with Gasteiger partial charge in [0, 0.05) is 29.7 Å². The lowest BCUT2D eigenvalue weighted by atomic mass is 9.93. The Balaban J connectivity index is 1.55. The molecule has 1 aromatic carbocycles. The minimum absolute atomic E-state index is 0.0395. The van der Waals surface area contributed by atoms with Crippen molar-refractivity contribution in [3.8, 4) is 0 Å². The molecule has 0 N–H and O–H groups in total. The summed E-state index contributed by atoms with van der Waals surface area (Å²) in [5.41, 5.74) is 2.38. The van der Waals surface area contributed by atoms with Crippen LogP contribution in [0, 0.1) is 0 Å². The van der Waals surface area contributed by atoms with Crippen molar-refractivity contribution in [1.82, 2.24) is 0 Å². The molecule has 0 saturated carbocycles. The Bertz CT molecular complexity index is 834. The van der Waals surface area contributed by atoms with Gasteiger partial charge >= 0.3 is 0 Å². The molecule has 2 aromatic rings. The Morgan fingerprint density at radius 2 is 2.15 bits per heavy atom. The predicted molar refractivity (Wildman–Crippen MR) is 109 cm³/mol. The van der Waals surface area contributed by atoms with Crippen molar-refractivity contribution in [1.29, 1.82) is 0 Å². The van der Waals surface area contributed by atoms with Crippen LogP contribution < -0.4 is 4.90 Å². The molecule has 1 aromatic heterocycles. The Morgan fingerprint density at radius 1 is 1.37 bits per heavy atom. The second-order valence-corrected chi connectivity index (χ2v) is 8.86. The number of aryl methyl sites for hydroxylation is 1. The molecule has 1 spiro atoms. The zero-order valence-electron chi connectivity index (χ0n) is 15.7. The largest absolute Gasteiger partial charge is 0.347 e. The smallest absolute Gasteiger partial charge is 0.224 e. The lowest BCUT2D eigenvalue weighted by Crippen LogP contribution is -2.36. The Morgan fingerprint density at radius 3 is 2.81 bits per heavy atom. The number of rotatable bonds is 4. The number of ether oxygens (including phenoxy) is 2. The third-order valence-corrected chi connectivity index (χ3v) is 6.81. The van der Waals surface area contributed by atoms with E-state index in [9.17, 15) is 4.79 Å². The first kappa shape index (κ1) is 18.9. The summed E-state index contributed by atoms with van der Waals surface area (Å²) in [5.74, 6) is -0.426. The van der Waals surface area contributed by atoms with Gasteiger partial charge in [-0.2, -0.15) is 0 Å². The molecule has 6 heteroatoms. The van der Waals surface area contributed by atoms with Crippen molar-refractivity contribution in [2.75, 3.05) is 11.5 Å². The SMILES string of the molecule is CCC1COC2(CCc3cc(N(Cc4ccc(Cl)cc4)C(C)=O)sc3C2)O1. The van der Waals surface area contributed by atoms with E-state index in [0.29, 0.717) is 18.2 Å². The molecule has 1 aliphatic heterocycles. The first-order chi connectivity index (χ1) is 13.0. The first-order valence-corrected chi connectivity index (χ1v) is 10.6. The first-order valence-electron chi connectivity index (χ1n) is 9.44. The highest BCUT2D eigenvalue weighted by molar-refractivity contribution is 7.16. The van der Waals surface area contributed by atoms with E-state index in [1.807, 2.05) is 29.2 Å². The number of nitrogens with zero attached hydrogens (tertiary/aromatic N) is 1. The van der Waals surface area contributed by atoms with Gasteiger partial charge in [0.2, 0.25) is 5.91 Å². The highest BCUT2D eigenvalue weighted by Crippen LogP contribution is 2.43. The van der Waals surface area contributed by atoms with Crippen LogP contribution in [0.25, 0.3) is 0 Å². The number of carbonyl (C=O) groups is 1. The van der Waals surface area contributed by atoms with Crippen LogP contribution in [0.1, 0.15) is 42.7 Å². The lowest BCUT2D eigenvalue weighted by molar-refractivity contribution is -0.174. The van der Waals surface area contributed by atoms with Crippen molar-refractivity contribution in [3.05, 3.63) is 51.4 Å². The third-order valence-electron chi connectivity index (χ3n) is 5.36. The Kier molecular flexibility index (Phi) is 5.30. The summed E-state index contributed by atoms with van der Waals surface area (Å²) >= 11 is 7.66. The highest BCUT2D eigenvalue weighted by atomic mass is 35.5. The number of thiophene rings is 1. The maximum Gasteiger partial charge on any atom is 0.224 e. The Labute approximate surface area is 169 Å². The van der Waals surface area contributed by atoms with Gasteiger partial charge in [0.25, 0.3) is 0 Å². The van der Waals surface area contributed by atoms with E-state index in [1.165, 1.54) is 10.4 Å². The summed E-state index contributed by atoms with van der Waals surface area (Å²) in [7, 11) is 0. The van der Waals surface area contributed by atoms with Gasteiger partial charge in [-0.25, -0.2) is 0 Å². The maximum atomic E-state index is 12.3. The molecule has 2 heterocycles. The summed E-state index contributed by atoms with van der Waals surface area (Å²) in [6.45, 7) is 4.97. The van der Waals surface area contributed by atoms with Gasteiger partial charge in [-0.05, 0) is 42.2 Å². The molecular weight excluding hydrogens is 382 g/mol. The van der Waals surface area contributed by atoms with Gasteiger partial charge in [-0.1, -0.05) is 30.7 Å². The van der Waals surface area contributed by atoms with Crippen LogP contribution in [0.3, 0.4) is 0 Å². The summed E-state index contributed by atoms with van der Waals surface area (Å²) in [4.78, 5) is 15.4. The molecule has 1 amide bonds. The molecule has 27 heavy (non-hydrogen) atoms. The third kappa shape index (κ3) is 3.92. The number of fused-ring (bicyclic) bond motifs is 1. The fourth-order valence-electron chi connectivity index (χ4n) is 3.76. The quantitative estimate of drug-likeness (QED) is 0.721. The molecule has 0 bridgehead atoms. The molecule has 4 rings (SSSR count). The van der Waals surface area contributed by atoms with Gasteiger partial charge in [0.1, 0.15) is 0 Å². The molecule has 1 saturated heterocycles. The van der Waals surface area contributed by atoms with Gasteiger partial charge in [-0.15, -0.1) is 11.3 Å². The molecule has 1 fully saturated rings. The van der Waals surface area contributed by atoms with E-state index in [0.717, 1.165) is 36.2 Å². The fraction of sp³-hybridized carbons (Fsp3) is 0.476. The van der Waals surface area contributed by atoms with Crippen LogP contribution in [0.15, 0.2) is 30.3 Å². The maximum absolute atomic E-state index is 12.3. The van der Waals surface area contributed by atoms with E-state index >= 15 is 0 Å². The van der Waals surface area contributed by atoms with Crippen LogP contribution in [-0.4, -0.2) is 24.4 Å². The lowest BCUT2D eigenvalue weighted by Gasteiger charge is -2.31. The standard InChI is InChI=1S/C21H24ClNO3S/c1-3-18-13-25-21(26-18)9-8-16-10-20(27-19(16)11-21)23(14(2)24)12-15-4-6-17(22)7-5-15/h4-7,10,18H,3,8-9,11-13H2,1-2H3. The normalized spacial score (nSPS) is 24.2. The van der Waals surface area contributed by atoms with E-state index in [1.54, 1.807) is 18.3 Å². The fourth-order valence-corrected chi connectivity index (χ4v) is 5.23. The molecule has 2 aliphatic rings. The van der Waals surface area contributed by atoms with Crippen molar-refractivity contribution in [2.45, 2.75) is 58.0 Å². The summed E-state index contributed by atoms with van der Waals surface area (Å²) in [6, 6.07) is 9.81. The number of amides is 1. The van der Waals surface area contributed by atoms with Gasteiger partial charge in [-0.3, -0.25) is 9.69 Å². The van der Waals surface area contributed by atoms with E-state index < -0.39 is 5.79 Å². The van der Waals surface area contributed by atoms with Gasteiger partial charge in [0.05, 0.1) is 24.3 Å². The highest BCUT2D eigenvalue weighted by Gasteiger charge is 2.44. The zero-order chi connectivity index (χ0) is 19.0. The van der Waals surface area contributed by atoms with E-state index in [2.05, 4.69) is 13.0 Å². The molecule has 2 unspecified atom stereocenters. The summed E-state index contributed by atoms with van der Waals surface area (Å²) in [5, 5.41) is 1.69. The number of anilines is 1. The van der Waals surface area contributed by atoms with Gasteiger partial charge < -0.3 is 9.47 Å². The average Bonchev–Trinajstić information content (AvgIpc) is 3.25.